The minimum absolute atomic E-state index is 0.103. The average Bonchev–Trinajstić information content (AvgIpc) is 3.62. The van der Waals surface area contributed by atoms with E-state index in [0.717, 1.165) is 43.4 Å². The van der Waals surface area contributed by atoms with Crippen LogP contribution in [0.5, 0.6) is 0 Å². The second-order valence-corrected chi connectivity index (χ2v) is 12.6. The number of likely N-dealkylation sites (tertiary alicyclic amines) is 1. The van der Waals surface area contributed by atoms with Gasteiger partial charge in [0.25, 0.3) is 0 Å². The van der Waals surface area contributed by atoms with E-state index < -0.39 is 29.6 Å². The van der Waals surface area contributed by atoms with Crippen LogP contribution in [0.15, 0.2) is 60.7 Å². The molecule has 3 amide bonds. The van der Waals surface area contributed by atoms with Crippen LogP contribution < -0.4 is 10.6 Å². The highest BCUT2D eigenvalue weighted by molar-refractivity contribution is 6.02. The summed E-state index contributed by atoms with van der Waals surface area (Å²) in [5.74, 6) is -2.06. The lowest BCUT2D eigenvalue weighted by Crippen LogP contribution is -2.57. The average molecular weight is 571 g/mol. The van der Waals surface area contributed by atoms with Crippen molar-refractivity contribution in [3.63, 3.8) is 0 Å². The van der Waals surface area contributed by atoms with Gasteiger partial charge in [-0.15, -0.1) is 0 Å². The minimum atomic E-state index is -1.15. The van der Waals surface area contributed by atoms with E-state index in [0.29, 0.717) is 18.8 Å². The van der Waals surface area contributed by atoms with E-state index in [-0.39, 0.29) is 23.8 Å². The Bertz CT molecular complexity index is 1370. The second kappa shape index (κ2) is 11.7. The predicted octanol–water partition coefficient (Wildman–Crippen LogP) is 3.97. The zero-order chi connectivity index (χ0) is 29.4. The van der Waals surface area contributed by atoms with Gasteiger partial charge in [-0.1, -0.05) is 67.8 Å². The first kappa shape index (κ1) is 28.6. The van der Waals surface area contributed by atoms with Gasteiger partial charge in [0.05, 0.1) is 17.9 Å². The molecular weight excluding hydrogens is 528 g/mol. The number of benzene rings is 2. The standard InChI is InChI=1S/C34H42N4O4/c1-22-14-15-26(20-23(22)2)36-31(39)28-27-16-17-34(42-27)29(28)33(41)38(19-18-37(3)21-24-10-6-4-7-11-24)30(34)32(40)35-25-12-8-5-9-13-25/h4,6-7,10-11,14-17,20,25,27-30H,5,8-9,12-13,18-19,21H2,1-3H3,(H,35,40)(H,36,39)/t27-,28-,29-,30-,34-/m0/s1. The quantitative estimate of drug-likeness (QED) is 0.446. The molecule has 2 aromatic carbocycles. The van der Waals surface area contributed by atoms with E-state index in [4.69, 9.17) is 4.74 Å². The molecule has 0 aromatic heterocycles. The summed E-state index contributed by atoms with van der Waals surface area (Å²) in [6.07, 6.45) is 8.49. The Labute approximate surface area is 248 Å². The van der Waals surface area contributed by atoms with Gasteiger partial charge in [-0.25, -0.2) is 0 Å². The maximum atomic E-state index is 14.2. The third-order valence-corrected chi connectivity index (χ3v) is 9.67. The molecule has 0 radical (unpaired) electrons. The fourth-order valence-corrected chi connectivity index (χ4v) is 7.33. The Kier molecular flexibility index (Phi) is 7.94. The van der Waals surface area contributed by atoms with Crippen LogP contribution in [-0.2, 0) is 25.7 Å². The van der Waals surface area contributed by atoms with Crippen LogP contribution in [0.4, 0.5) is 5.69 Å². The summed E-state index contributed by atoms with van der Waals surface area (Å²) >= 11 is 0. The van der Waals surface area contributed by atoms with E-state index in [9.17, 15) is 14.4 Å². The monoisotopic (exact) mass is 570 g/mol. The largest absolute Gasteiger partial charge is 0.359 e. The Balaban J connectivity index is 1.25. The van der Waals surface area contributed by atoms with Gasteiger partial charge >= 0.3 is 0 Å². The number of amides is 3. The van der Waals surface area contributed by atoms with Crippen molar-refractivity contribution >= 4 is 23.4 Å². The number of carbonyl (C=O) groups excluding carboxylic acids is 3. The Morgan fingerprint density at radius 2 is 1.79 bits per heavy atom. The Morgan fingerprint density at radius 1 is 1.02 bits per heavy atom. The highest BCUT2D eigenvalue weighted by Crippen LogP contribution is 2.55. The van der Waals surface area contributed by atoms with E-state index in [2.05, 4.69) is 27.7 Å². The van der Waals surface area contributed by atoms with E-state index in [1.54, 1.807) is 4.90 Å². The van der Waals surface area contributed by atoms with Gasteiger partial charge in [0, 0.05) is 31.4 Å². The number of hydrogen-bond donors (Lipinski definition) is 2. The molecule has 42 heavy (non-hydrogen) atoms. The third kappa shape index (κ3) is 5.26. The predicted molar refractivity (Wildman–Crippen MR) is 162 cm³/mol. The molecule has 5 atom stereocenters. The number of aryl methyl sites for hydroxylation is 2. The van der Waals surface area contributed by atoms with Crippen LogP contribution in [0.2, 0.25) is 0 Å². The summed E-state index contributed by atoms with van der Waals surface area (Å²) < 4.78 is 6.52. The third-order valence-electron chi connectivity index (χ3n) is 9.67. The highest BCUT2D eigenvalue weighted by Gasteiger charge is 2.72. The van der Waals surface area contributed by atoms with Crippen molar-refractivity contribution in [2.24, 2.45) is 11.8 Å². The lowest BCUT2D eigenvalue weighted by molar-refractivity contribution is -0.141. The second-order valence-electron chi connectivity index (χ2n) is 12.6. The van der Waals surface area contributed by atoms with Crippen molar-refractivity contribution in [3.8, 4) is 0 Å². The Morgan fingerprint density at radius 3 is 2.52 bits per heavy atom. The van der Waals surface area contributed by atoms with Crippen LogP contribution in [-0.4, -0.2) is 71.4 Å². The van der Waals surface area contributed by atoms with Crippen molar-refractivity contribution in [3.05, 3.63) is 77.4 Å². The number of likely N-dealkylation sites (N-methyl/N-ethyl adjacent to an activating group) is 1. The van der Waals surface area contributed by atoms with E-state index >= 15 is 0 Å². The molecule has 2 N–H and O–H groups in total. The first-order valence-corrected chi connectivity index (χ1v) is 15.4. The number of fused-ring (bicyclic) bond motifs is 1. The fraction of sp³-hybridized carbons (Fsp3) is 0.500. The Hall–Kier alpha value is -3.49. The smallest absolute Gasteiger partial charge is 0.246 e. The molecule has 1 saturated carbocycles. The lowest BCUT2D eigenvalue weighted by Gasteiger charge is -2.34. The molecule has 222 valence electrons. The molecule has 8 nitrogen and oxygen atoms in total. The molecule has 1 aliphatic carbocycles. The zero-order valence-electron chi connectivity index (χ0n) is 24.8. The van der Waals surface area contributed by atoms with Crippen LogP contribution in [0.3, 0.4) is 0 Å². The van der Waals surface area contributed by atoms with Crippen molar-refractivity contribution in [2.45, 2.75) is 76.3 Å². The van der Waals surface area contributed by atoms with Crippen LogP contribution in [0.25, 0.3) is 0 Å². The van der Waals surface area contributed by atoms with Gasteiger partial charge in [-0.3, -0.25) is 14.4 Å². The summed E-state index contributed by atoms with van der Waals surface area (Å²) in [4.78, 5) is 45.9. The topological polar surface area (TPSA) is 91.0 Å². The molecule has 0 unspecified atom stereocenters. The van der Waals surface area contributed by atoms with Crippen LogP contribution in [0, 0.1) is 25.7 Å². The SMILES string of the molecule is Cc1ccc(NC(=O)[C@H]2[C@@H]3C=C[C@]4(O3)[C@@H]2C(=O)N(CCN(C)Cc2ccccc2)[C@H]4C(=O)NC2CCCCC2)cc1C. The number of carbonyl (C=O) groups is 3. The molecule has 6 rings (SSSR count). The van der Waals surface area contributed by atoms with Gasteiger partial charge in [0.2, 0.25) is 17.7 Å². The molecule has 2 aromatic rings. The fourth-order valence-electron chi connectivity index (χ4n) is 7.33. The first-order chi connectivity index (χ1) is 20.3. The number of ether oxygens (including phenoxy) is 1. The van der Waals surface area contributed by atoms with Gasteiger partial charge in [-0.05, 0) is 62.6 Å². The molecule has 8 heteroatoms. The molecule has 3 fully saturated rings. The lowest BCUT2D eigenvalue weighted by atomic mass is 9.74. The van der Waals surface area contributed by atoms with E-state index in [1.807, 2.05) is 69.4 Å². The van der Waals surface area contributed by atoms with Crippen molar-refractivity contribution in [1.82, 2.24) is 15.1 Å². The molecular formula is C34H42N4O4. The first-order valence-electron chi connectivity index (χ1n) is 15.4. The molecule has 3 heterocycles. The normalized spacial score (nSPS) is 28.4. The van der Waals surface area contributed by atoms with Gasteiger partial charge in [-0.2, -0.15) is 0 Å². The van der Waals surface area contributed by atoms with Crippen molar-refractivity contribution in [2.75, 3.05) is 25.5 Å². The van der Waals surface area contributed by atoms with Crippen molar-refractivity contribution < 1.29 is 19.1 Å². The van der Waals surface area contributed by atoms with Gasteiger partial charge < -0.3 is 25.2 Å². The van der Waals surface area contributed by atoms with Gasteiger partial charge in [0.1, 0.15) is 11.6 Å². The molecule has 2 bridgehead atoms. The maximum Gasteiger partial charge on any atom is 0.246 e. The van der Waals surface area contributed by atoms with Crippen LogP contribution in [0.1, 0.15) is 48.8 Å². The minimum Gasteiger partial charge on any atom is -0.359 e. The summed E-state index contributed by atoms with van der Waals surface area (Å²) in [7, 11) is 2.02. The van der Waals surface area contributed by atoms with Crippen molar-refractivity contribution in [1.29, 1.82) is 0 Å². The number of nitrogens with one attached hydrogen (secondary N) is 2. The molecule has 2 saturated heterocycles. The van der Waals surface area contributed by atoms with E-state index in [1.165, 1.54) is 12.0 Å². The summed E-state index contributed by atoms with van der Waals surface area (Å²) in [6.45, 7) is 5.72. The summed E-state index contributed by atoms with van der Waals surface area (Å²) in [6, 6.07) is 15.3. The number of anilines is 1. The maximum absolute atomic E-state index is 14.2. The number of hydrogen-bond acceptors (Lipinski definition) is 5. The summed E-state index contributed by atoms with van der Waals surface area (Å²) in [5, 5.41) is 6.30. The molecule has 1 spiro atoms. The molecule has 4 aliphatic rings. The molecule has 3 aliphatic heterocycles. The number of nitrogens with zero attached hydrogens (tertiary/aromatic N) is 2. The number of rotatable bonds is 9. The van der Waals surface area contributed by atoms with Crippen LogP contribution >= 0.6 is 0 Å². The highest BCUT2D eigenvalue weighted by atomic mass is 16.5. The van der Waals surface area contributed by atoms with Gasteiger partial charge in [0.15, 0.2) is 0 Å². The summed E-state index contributed by atoms with van der Waals surface area (Å²) in [5.41, 5.74) is 2.95. The zero-order valence-corrected chi connectivity index (χ0v) is 24.8.